The first-order valence-electron chi connectivity index (χ1n) is 12.1. The van der Waals surface area contributed by atoms with Crippen molar-refractivity contribution >= 4 is 28.0 Å². The molecular formula is C27H30N4O3S. The molecule has 0 radical (unpaired) electrons. The van der Waals surface area contributed by atoms with Gasteiger partial charge in [0.05, 0.1) is 29.7 Å². The smallest absolute Gasteiger partial charge is 0.338 e. The summed E-state index contributed by atoms with van der Waals surface area (Å²) in [5.74, 6) is -0.315. The van der Waals surface area contributed by atoms with Crippen molar-refractivity contribution in [1.82, 2.24) is 14.6 Å². The van der Waals surface area contributed by atoms with Gasteiger partial charge in [0.2, 0.25) is 4.96 Å². The average molecular weight is 491 g/mol. The van der Waals surface area contributed by atoms with Gasteiger partial charge in [-0.1, -0.05) is 23.5 Å². The molecule has 0 unspecified atom stereocenters. The van der Waals surface area contributed by atoms with Crippen molar-refractivity contribution in [3.05, 3.63) is 60.3 Å². The number of piperidine rings is 1. The minimum atomic E-state index is -0.315. The van der Waals surface area contributed by atoms with Crippen LogP contribution >= 0.6 is 11.3 Å². The molecule has 5 rings (SSSR count). The minimum absolute atomic E-state index is 0.142. The predicted octanol–water partition coefficient (Wildman–Crippen LogP) is 5.70. The molecule has 1 aliphatic heterocycles. The summed E-state index contributed by atoms with van der Waals surface area (Å²) in [5, 5.41) is 5.69. The highest BCUT2D eigenvalue weighted by Crippen LogP contribution is 2.30. The molecule has 0 saturated carbocycles. The second-order valence-corrected chi connectivity index (χ2v) is 9.94. The number of rotatable bonds is 7. The van der Waals surface area contributed by atoms with Crippen LogP contribution in [-0.2, 0) is 9.47 Å². The molecule has 0 atom stereocenters. The van der Waals surface area contributed by atoms with E-state index in [2.05, 4.69) is 36.1 Å². The number of nitrogens with zero attached hydrogens (tertiary/aromatic N) is 4. The molecular weight excluding hydrogens is 460 g/mol. The molecule has 182 valence electrons. The van der Waals surface area contributed by atoms with Crippen molar-refractivity contribution < 1.29 is 14.3 Å². The summed E-state index contributed by atoms with van der Waals surface area (Å²) >= 11 is 1.56. The molecule has 8 heteroatoms. The Morgan fingerprint density at radius 2 is 1.74 bits per heavy atom. The number of carbonyl (C=O) groups is 1. The Balaban J connectivity index is 1.27. The van der Waals surface area contributed by atoms with E-state index < -0.39 is 0 Å². The van der Waals surface area contributed by atoms with Crippen molar-refractivity contribution in [2.45, 2.75) is 45.8 Å². The lowest BCUT2D eigenvalue weighted by Crippen LogP contribution is -2.37. The highest BCUT2D eigenvalue weighted by molar-refractivity contribution is 7.19. The van der Waals surface area contributed by atoms with Crippen LogP contribution in [0, 0.1) is 0 Å². The third kappa shape index (κ3) is 5.23. The lowest BCUT2D eigenvalue weighted by atomic mass is 10.1. The zero-order valence-electron chi connectivity index (χ0n) is 20.3. The summed E-state index contributed by atoms with van der Waals surface area (Å²) in [4.78, 5) is 20.1. The van der Waals surface area contributed by atoms with Gasteiger partial charge >= 0.3 is 5.97 Å². The molecule has 0 spiro atoms. The van der Waals surface area contributed by atoms with E-state index in [0.29, 0.717) is 11.7 Å². The summed E-state index contributed by atoms with van der Waals surface area (Å²) in [6, 6.07) is 16.0. The van der Waals surface area contributed by atoms with Crippen molar-refractivity contribution in [3.63, 3.8) is 0 Å². The van der Waals surface area contributed by atoms with Crippen LogP contribution in [-0.4, -0.2) is 52.5 Å². The van der Waals surface area contributed by atoms with Crippen LogP contribution in [0.4, 0.5) is 5.69 Å². The Labute approximate surface area is 209 Å². The molecule has 35 heavy (non-hydrogen) atoms. The van der Waals surface area contributed by atoms with Gasteiger partial charge < -0.3 is 14.4 Å². The van der Waals surface area contributed by atoms with Gasteiger partial charge in [0, 0.05) is 36.5 Å². The molecule has 7 nitrogen and oxygen atoms in total. The number of benzene rings is 2. The summed E-state index contributed by atoms with van der Waals surface area (Å²) in [7, 11) is 0. The van der Waals surface area contributed by atoms with Crippen molar-refractivity contribution in [2.75, 3.05) is 24.6 Å². The van der Waals surface area contributed by atoms with E-state index in [1.807, 2.05) is 36.7 Å². The predicted molar refractivity (Wildman–Crippen MR) is 139 cm³/mol. The number of aromatic nitrogens is 3. The number of fused-ring (bicyclic) bond motifs is 1. The second-order valence-electron chi connectivity index (χ2n) is 8.98. The SMILES string of the molecule is CCOC1CCN(c2ccc(-c3nn4cc(-c5ccc(C(=O)OC(C)C)cc5)nc4s3)cc2)CC1. The van der Waals surface area contributed by atoms with Crippen LogP contribution in [0.15, 0.2) is 54.7 Å². The number of hydrogen-bond acceptors (Lipinski definition) is 7. The van der Waals surface area contributed by atoms with Crippen molar-refractivity contribution in [3.8, 4) is 21.8 Å². The maximum atomic E-state index is 12.1. The van der Waals surface area contributed by atoms with Gasteiger partial charge in [-0.2, -0.15) is 5.10 Å². The molecule has 1 fully saturated rings. The average Bonchev–Trinajstić information content (AvgIpc) is 3.44. The molecule has 3 heterocycles. The first-order valence-corrected chi connectivity index (χ1v) is 13.0. The molecule has 4 aromatic rings. The van der Waals surface area contributed by atoms with E-state index in [-0.39, 0.29) is 12.1 Å². The number of ether oxygens (including phenoxy) is 2. The number of carbonyl (C=O) groups excluding carboxylic acids is 1. The fraction of sp³-hybridized carbons (Fsp3) is 0.370. The summed E-state index contributed by atoms with van der Waals surface area (Å²) in [6.45, 7) is 8.58. The zero-order valence-corrected chi connectivity index (χ0v) is 21.1. The topological polar surface area (TPSA) is 69.0 Å². The summed E-state index contributed by atoms with van der Waals surface area (Å²) in [6.07, 6.45) is 4.33. The first kappa shape index (κ1) is 23.5. The normalized spacial score (nSPS) is 14.7. The Kier molecular flexibility index (Phi) is 6.83. The standard InChI is InChI=1S/C27H30N4O3S/c1-4-33-23-13-15-30(16-14-23)22-11-9-20(10-12-22)25-29-31-17-24(28-27(31)35-25)19-5-7-21(8-6-19)26(32)34-18(2)3/h5-12,17-18,23H,4,13-16H2,1-3H3. The first-order chi connectivity index (χ1) is 17.0. The zero-order chi connectivity index (χ0) is 24.4. The molecule has 0 N–H and O–H groups in total. The van der Waals surface area contributed by atoms with Crippen LogP contribution in [0.5, 0.6) is 0 Å². The second kappa shape index (κ2) is 10.2. The number of esters is 1. The quantitative estimate of drug-likeness (QED) is 0.310. The Hall–Kier alpha value is -3.23. The van der Waals surface area contributed by atoms with Gasteiger partial charge in [0.25, 0.3) is 0 Å². The molecule has 0 amide bonds. The highest BCUT2D eigenvalue weighted by atomic mass is 32.1. The maximum Gasteiger partial charge on any atom is 0.338 e. The van der Waals surface area contributed by atoms with Crippen LogP contribution in [0.1, 0.15) is 44.0 Å². The van der Waals surface area contributed by atoms with Gasteiger partial charge in [0.15, 0.2) is 0 Å². The lowest BCUT2D eigenvalue weighted by molar-refractivity contribution is 0.0377. The maximum absolute atomic E-state index is 12.1. The van der Waals surface area contributed by atoms with Crippen molar-refractivity contribution in [1.29, 1.82) is 0 Å². The minimum Gasteiger partial charge on any atom is -0.459 e. The molecule has 0 aliphatic carbocycles. The fourth-order valence-electron chi connectivity index (χ4n) is 4.35. The number of anilines is 1. The van der Waals surface area contributed by atoms with Crippen LogP contribution < -0.4 is 4.90 Å². The van der Waals surface area contributed by atoms with Gasteiger partial charge in [-0.05, 0) is 70.0 Å². The summed E-state index contributed by atoms with van der Waals surface area (Å²) in [5.41, 5.74) is 4.62. The van der Waals surface area contributed by atoms with Crippen molar-refractivity contribution in [2.24, 2.45) is 0 Å². The van der Waals surface area contributed by atoms with E-state index >= 15 is 0 Å². The third-order valence-electron chi connectivity index (χ3n) is 6.13. The van der Waals surface area contributed by atoms with Crippen LogP contribution in [0.3, 0.4) is 0 Å². The summed E-state index contributed by atoms with van der Waals surface area (Å²) < 4.78 is 12.8. The van der Waals surface area contributed by atoms with Crippen LogP contribution in [0.25, 0.3) is 26.8 Å². The molecule has 1 saturated heterocycles. The molecule has 0 bridgehead atoms. The number of imidazole rings is 1. The Morgan fingerprint density at radius 3 is 2.37 bits per heavy atom. The monoisotopic (exact) mass is 490 g/mol. The third-order valence-corrected chi connectivity index (χ3v) is 7.10. The van der Waals surface area contributed by atoms with Gasteiger partial charge in [-0.25, -0.2) is 14.3 Å². The van der Waals surface area contributed by atoms with E-state index in [0.717, 1.165) is 59.3 Å². The van der Waals surface area contributed by atoms with E-state index in [4.69, 9.17) is 19.6 Å². The van der Waals surface area contributed by atoms with Crippen LogP contribution in [0.2, 0.25) is 0 Å². The number of hydrogen-bond donors (Lipinski definition) is 0. The fourth-order valence-corrected chi connectivity index (χ4v) is 5.23. The molecule has 2 aromatic carbocycles. The van der Waals surface area contributed by atoms with Gasteiger partial charge in [-0.15, -0.1) is 0 Å². The van der Waals surface area contributed by atoms with E-state index in [1.54, 1.807) is 23.5 Å². The lowest BCUT2D eigenvalue weighted by Gasteiger charge is -2.33. The van der Waals surface area contributed by atoms with Gasteiger partial charge in [-0.3, -0.25) is 0 Å². The van der Waals surface area contributed by atoms with Gasteiger partial charge in [0.1, 0.15) is 5.01 Å². The Morgan fingerprint density at radius 1 is 1.06 bits per heavy atom. The van der Waals surface area contributed by atoms with E-state index in [9.17, 15) is 4.79 Å². The molecule has 2 aromatic heterocycles. The molecule has 1 aliphatic rings. The van der Waals surface area contributed by atoms with E-state index in [1.165, 1.54) is 5.69 Å². The largest absolute Gasteiger partial charge is 0.459 e. The Bertz CT molecular complexity index is 1250. The highest BCUT2D eigenvalue weighted by Gasteiger charge is 2.20.